The second-order valence-corrected chi connectivity index (χ2v) is 3.56. The van der Waals surface area contributed by atoms with Crippen molar-refractivity contribution in [3.8, 4) is 5.88 Å². The minimum absolute atomic E-state index is 0.0463. The zero-order chi connectivity index (χ0) is 12.3. The number of aliphatic hydroxyl groups is 1. The Kier molecular flexibility index (Phi) is 3.20. The van der Waals surface area contributed by atoms with Gasteiger partial charge in [0.2, 0.25) is 5.88 Å². The molecule has 0 spiro atoms. The first-order valence-corrected chi connectivity index (χ1v) is 5.19. The molecule has 0 saturated heterocycles. The van der Waals surface area contributed by atoms with E-state index in [4.69, 9.17) is 5.11 Å². The highest BCUT2D eigenvalue weighted by atomic mass is 16.3. The molecule has 0 atom stereocenters. The van der Waals surface area contributed by atoms with Crippen LogP contribution in [0, 0.1) is 0 Å². The number of fused-ring (bicyclic) bond motifs is 1. The smallest absolute Gasteiger partial charge is 0.251 e. The lowest BCUT2D eigenvalue weighted by Crippen LogP contribution is -2.26. The molecule has 1 amide bonds. The fraction of sp³-hybridized carbons (Fsp3) is 0.167. The van der Waals surface area contributed by atoms with Crippen LogP contribution < -0.4 is 5.32 Å². The molecule has 5 heteroatoms. The largest absolute Gasteiger partial charge is 0.493 e. The zero-order valence-corrected chi connectivity index (χ0v) is 9.05. The first-order valence-electron chi connectivity index (χ1n) is 5.19. The van der Waals surface area contributed by atoms with Crippen LogP contribution in [0.15, 0.2) is 30.3 Å². The van der Waals surface area contributed by atoms with Gasteiger partial charge >= 0.3 is 0 Å². The van der Waals surface area contributed by atoms with E-state index >= 15 is 0 Å². The normalized spacial score (nSPS) is 10.4. The van der Waals surface area contributed by atoms with Gasteiger partial charge < -0.3 is 15.5 Å². The maximum atomic E-state index is 11.6. The number of nitrogens with one attached hydrogen (secondary N) is 1. The molecule has 0 bridgehead atoms. The number of aromatic hydroxyl groups is 1. The van der Waals surface area contributed by atoms with Crippen LogP contribution in [0.1, 0.15) is 10.4 Å². The minimum Gasteiger partial charge on any atom is -0.493 e. The van der Waals surface area contributed by atoms with Crippen molar-refractivity contribution in [2.75, 3.05) is 13.2 Å². The van der Waals surface area contributed by atoms with Crippen LogP contribution in [0.2, 0.25) is 0 Å². The second-order valence-electron chi connectivity index (χ2n) is 3.56. The molecule has 0 radical (unpaired) electrons. The standard InChI is InChI=1S/C12H12N2O3/c15-6-5-13-12(17)9-1-3-10-8(7-9)2-4-11(16)14-10/h1-4,7,15H,5-6H2,(H,13,17)(H,14,16). The third kappa shape index (κ3) is 2.51. The SMILES string of the molecule is O=C(NCCO)c1ccc2nc(O)ccc2c1. The molecule has 88 valence electrons. The Balaban J connectivity index is 2.31. The lowest BCUT2D eigenvalue weighted by atomic mass is 10.1. The van der Waals surface area contributed by atoms with Gasteiger partial charge in [0.15, 0.2) is 0 Å². The van der Waals surface area contributed by atoms with E-state index in [1.807, 2.05) is 0 Å². The van der Waals surface area contributed by atoms with Crippen LogP contribution in [0.5, 0.6) is 5.88 Å². The van der Waals surface area contributed by atoms with Crippen LogP contribution in [-0.2, 0) is 0 Å². The molecule has 0 saturated carbocycles. The molecule has 17 heavy (non-hydrogen) atoms. The second kappa shape index (κ2) is 4.80. The topological polar surface area (TPSA) is 82.5 Å². The monoisotopic (exact) mass is 232 g/mol. The summed E-state index contributed by atoms with van der Waals surface area (Å²) in [6.45, 7) is 0.138. The zero-order valence-electron chi connectivity index (χ0n) is 9.05. The van der Waals surface area contributed by atoms with E-state index in [1.165, 1.54) is 6.07 Å². The molecule has 0 aliphatic carbocycles. The highest BCUT2D eigenvalue weighted by molar-refractivity contribution is 5.97. The lowest BCUT2D eigenvalue weighted by Gasteiger charge is -2.04. The van der Waals surface area contributed by atoms with Crippen molar-refractivity contribution in [3.05, 3.63) is 35.9 Å². The summed E-state index contributed by atoms with van der Waals surface area (Å²) in [4.78, 5) is 15.5. The Hall–Kier alpha value is -2.14. The summed E-state index contributed by atoms with van der Waals surface area (Å²) in [6.07, 6.45) is 0. The fourth-order valence-corrected chi connectivity index (χ4v) is 1.53. The number of nitrogens with zero attached hydrogens (tertiary/aromatic N) is 1. The summed E-state index contributed by atoms with van der Waals surface area (Å²) in [7, 11) is 0. The van der Waals surface area contributed by atoms with Gasteiger partial charge in [-0.05, 0) is 24.3 Å². The van der Waals surface area contributed by atoms with Crippen molar-refractivity contribution in [3.63, 3.8) is 0 Å². The molecule has 1 aromatic carbocycles. The number of carbonyl (C=O) groups excluding carboxylic acids is 1. The van der Waals surface area contributed by atoms with E-state index in [9.17, 15) is 9.90 Å². The van der Waals surface area contributed by atoms with Crippen molar-refractivity contribution < 1.29 is 15.0 Å². The molecule has 1 aromatic heterocycles. The quantitative estimate of drug-likeness (QED) is 0.726. The summed E-state index contributed by atoms with van der Waals surface area (Å²) in [5, 5.41) is 21.2. The predicted octanol–water partition coefficient (Wildman–Crippen LogP) is 0.662. The predicted molar refractivity (Wildman–Crippen MR) is 62.8 cm³/mol. The van der Waals surface area contributed by atoms with E-state index in [0.29, 0.717) is 11.1 Å². The van der Waals surface area contributed by atoms with Crippen molar-refractivity contribution in [2.24, 2.45) is 0 Å². The first kappa shape index (κ1) is 11.3. The third-order valence-electron chi connectivity index (χ3n) is 2.33. The number of aliphatic hydroxyl groups excluding tert-OH is 1. The summed E-state index contributed by atoms with van der Waals surface area (Å²) >= 11 is 0. The molecule has 5 nitrogen and oxygen atoms in total. The number of pyridine rings is 1. The molecule has 0 fully saturated rings. The number of rotatable bonds is 3. The van der Waals surface area contributed by atoms with Crippen LogP contribution in [0.25, 0.3) is 10.9 Å². The molecule has 1 heterocycles. The lowest BCUT2D eigenvalue weighted by molar-refractivity contribution is 0.0945. The maximum absolute atomic E-state index is 11.6. The average Bonchev–Trinajstić information content (AvgIpc) is 2.35. The summed E-state index contributed by atoms with van der Waals surface area (Å²) in [5.41, 5.74) is 1.13. The van der Waals surface area contributed by atoms with Crippen LogP contribution in [0.4, 0.5) is 0 Å². The highest BCUT2D eigenvalue weighted by Crippen LogP contribution is 2.17. The number of aromatic nitrogens is 1. The highest BCUT2D eigenvalue weighted by Gasteiger charge is 2.06. The number of amides is 1. The van der Waals surface area contributed by atoms with Crippen molar-refractivity contribution in [2.45, 2.75) is 0 Å². The minimum atomic E-state index is -0.242. The van der Waals surface area contributed by atoms with E-state index in [1.54, 1.807) is 24.3 Å². The number of hydrogen-bond acceptors (Lipinski definition) is 4. The van der Waals surface area contributed by atoms with E-state index < -0.39 is 0 Å². The van der Waals surface area contributed by atoms with Gasteiger partial charge in [0, 0.05) is 23.6 Å². The molecule has 0 aliphatic rings. The Bertz CT molecular complexity index is 554. The molecule has 0 aliphatic heterocycles. The third-order valence-corrected chi connectivity index (χ3v) is 2.33. The van der Waals surface area contributed by atoms with Gasteiger partial charge in [-0.3, -0.25) is 4.79 Å². The van der Waals surface area contributed by atoms with Crippen LogP contribution in [0.3, 0.4) is 0 Å². The molecule has 0 unspecified atom stereocenters. The van der Waals surface area contributed by atoms with Crippen LogP contribution >= 0.6 is 0 Å². The molecule has 2 rings (SSSR count). The van der Waals surface area contributed by atoms with Crippen molar-refractivity contribution in [1.82, 2.24) is 10.3 Å². The van der Waals surface area contributed by atoms with Gasteiger partial charge in [-0.2, -0.15) is 0 Å². The van der Waals surface area contributed by atoms with E-state index in [0.717, 1.165) is 5.39 Å². The Morgan fingerprint density at radius 1 is 1.29 bits per heavy atom. The number of hydrogen-bond donors (Lipinski definition) is 3. The number of benzene rings is 1. The maximum Gasteiger partial charge on any atom is 0.251 e. The summed E-state index contributed by atoms with van der Waals surface area (Å²) in [5.74, 6) is -0.288. The molecule has 3 N–H and O–H groups in total. The van der Waals surface area contributed by atoms with Gasteiger partial charge in [0.1, 0.15) is 0 Å². The summed E-state index contributed by atoms with van der Waals surface area (Å²) in [6, 6.07) is 8.15. The van der Waals surface area contributed by atoms with Gasteiger partial charge in [-0.1, -0.05) is 0 Å². The van der Waals surface area contributed by atoms with Crippen molar-refractivity contribution in [1.29, 1.82) is 0 Å². The van der Waals surface area contributed by atoms with Gasteiger partial charge in [0.25, 0.3) is 5.91 Å². The number of carbonyl (C=O) groups is 1. The Labute approximate surface area is 97.7 Å². The van der Waals surface area contributed by atoms with Gasteiger partial charge in [-0.25, -0.2) is 4.98 Å². The van der Waals surface area contributed by atoms with Crippen LogP contribution in [-0.4, -0.2) is 34.3 Å². The fourth-order valence-electron chi connectivity index (χ4n) is 1.53. The van der Waals surface area contributed by atoms with E-state index in [2.05, 4.69) is 10.3 Å². The van der Waals surface area contributed by atoms with Crippen molar-refractivity contribution >= 4 is 16.8 Å². The Morgan fingerprint density at radius 2 is 2.12 bits per heavy atom. The molecular formula is C12H12N2O3. The molecular weight excluding hydrogens is 220 g/mol. The molecule has 2 aromatic rings. The summed E-state index contributed by atoms with van der Waals surface area (Å²) < 4.78 is 0. The average molecular weight is 232 g/mol. The first-order chi connectivity index (χ1) is 8.20. The van der Waals surface area contributed by atoms with E-state index in [-0.39, 0.29) is 24.9 Å². The Morgan fingerprint density at radius 3 is 2.88 bits per heavy atom. The van der Waals surface area contributed by atoms with Gasteiger partial charge in [0.05, 0.1) is 12.1 Å². The van der Waals surface area contributed by atoms with Gasteiger partial charge in [-0.15, -0.1) is 0 Å².